The maximum atomic E-state index is 12.1. The summed E-state index contributed by atoms with van der Waals surface area (Å²) in [4.78, 5) is 19.7. The zero-order chi connectivity index (χ0) is 22.3. The number of fused-ring (bicyclic) bond motifs is 1. The molecule has 162 valence electrons. The summed E-state index contributed by atoms with van der Waals surface area (Å²) in [6.07, 6.45) is 1.55. The number of nitrogens with zero attached hydrogens (tertiary/aromatic N) is 2. The van der Waals surface area contributed by atoms with Crippen molar-refractivity contribution in [2.45, 2.75) is 11.8 Å². The van der Waals surface area contributed by atoms with Gasteiger partial charge in [0, 0.05) is 15.6 Å². The number of hydrogen-bond acceptors (Lipinski definition) is 5. The number of H-pyrrole nitrogens is 1. The first-order valence-corrected chi connectivity index (χ1v) is 11.4. The lowest BCUT2D eigenvalue weighted by atomic mass is 10.2. The highest BCUT2D eigenvalue weighted by Crippen LogP contribution is 2.26. The molecule has 0 spiro atoms. The number of ether oxygens (including phenoxy) is 1. The number of hydrazone groups is 1. The number of amides is 1. The highest BCUT2D eigenvalue weighted by atomic mass is 35.5. The largest absolute Gasteiger partial charge is 0.489 e. The van der Waals surface area contributed by atoms with E-state index in [0.717, 1.165) is 22.2 Å². The number of benzene rings is 3. The number of thioether (sulfide) groups is 1. The molecule has 3 aromatic carbocycles. The van der Waals surface area contributed by atoms with Gasteiger partial charge in [0.2, 0.25) is 0 Å². The molecule has 6 nitrogen and oxygen atoms in total. The number of halogens is 2. The SMILES string of the molecule is O=C(CSc1nc2ccccc2[nH]1)N/N=C/c1cccc(OCc2c(Cl)cccc2Cl)c1. The molecule has 1 amide bonds. The van der Waals surface area contributed by atoms with Crippen molar-refractivity contribution in [1.82, 2.24) is 15.4 Å². The van der Waals surface area contributed by atoms with E-state index in [1.54, 1.807) is 24.4 Å². The second kappa shape index (κ2) is 10.5. The van der Waals surface area contributed by atoms with Gasteiger partial charge in [0.15, 0.2) is 5.16 Å². The molecule has 9 heteroatoms. The van der Waals surface area contributed by atoms with Crippen molar-refractivity contribution >= 4 is 58.1 Å². The number of carbonyl (C=O) groups excluding carboxylic acids is 1. The van der Waals surface area contributed by atoms with Gasteiger partial charge < -0.3 is 9.72 Å². The maximum absolute atomic E-state index is 12.1. The van der Waals surface area contributed by atoms with Gasteiger partial charge in [0.1, 0.15) is 12.4 Å². The van der Waals surface area contributed by atoms with Crippen LogP contribution in [0.2, 0.25) is 10.0 Å². The molecule has 0 aliphatic rings. The molecule has 32 heavy (non-hydrogen) atoms. The number of nitrogens with one attached hydrogen (secondary N) is 2. The Balaban J connectivity index is 1.28. The Kier molecular flexibility index (Phi) is 7.32. The van der Waals surface area contributed by atoms with Gasteiger partial charge in [-0.1, -0.05) is 65.3 Å². The van der Waals surface area contributed by atoms with Crippen LogP contribution in [0.4, 0.5) is 0 Å². The number of rotatable bonds is 8. The maximum Gasteiger partial charge on any atom is 0.250 e. The van der Waals surface area contributed by atoms with Crippen LogP contribution in [-0.4, -0.2) is 27.8 Å². The third kappa shape index (κ3) is 5.82. The molecule has 1 heterocycles. The molecule has 0 atom stereocenters. The Labute approximate surface area is 199 Å². The van der Waals surface area contributed by atoms with Crippen LogP contribution in [0.15, 0.2) is 77.0 Å². The minimum Gasteiger partial charge on any atom is -0.489 e. The first-order valence-electron chi connectivity index (χ1n) is 9.64. The Morgan fingerprint density at radius 3 is 2.69 bits per heavy atom. The lowest BCUT2D eigenvalue weighted by molar-refractivity contribution is -0.118. The van der Waals surface area contributed by atoms with Crippen LogP contribution in [0.5, 0.6) is 5.75 Å². The average Bonchev–Trinajstić information content (AvgIpc) is 3.21. The minimum absolute atomic E-state index is 0.193. The Hall–Kier alpha value is -3.00. The Morgan fingerprint density at radius 2 is 1.88 bits per heavy atom. The summed E-state index contributed by atoms with van der Waals surface area (Å²) in [6.45, 7) is 0.245. The van der Waals surface area contributed by atoms with E-state index in [1.807, 2.05) is 48.5 Å². The third-order valence-corrected chi connectivity index (χ3v) is 5.99. The van der Waals surface area contributed by atoms with E-state index in [0.29, 0.717) is 21.0 Å². The average molecular weight is 485 g/mol. The third-order valence-electron chi connectivity index (χ3n) is 4.41. The molecule has 0 saturated carbocycles. The van der Waals surface area contributed by atoms with Gasteiger partial charge in [-0.05, 0) is 42.0 Å². The molecule has 0 aliphatic carbocycles. The summed E-state index contributed by atoms with van der Waals surface area (Å²) in [5.41, 5.74) is 5.83. The molecule has 0 unspecified atom stereocenters. The molecule has 2 N–H and O–H groups in total. The molecule has 1 aromatic heterocycles. The number of carbonyl (C=O) groups is 1. The van der Waals surface area contributed by atoms with E-state index < -0.39 is 0 Å². The van der Waals surface area contributed by atoms with E-state index in [4.69, 9.17) is 27.9 Å². The highest BCUT2D eigenvalue weighted by Gasteiger charge is 2.07. The van der Waals surface area contributed by atoms with Crippen molar-refractivity contribution < 1.29 is 9.53 Å². The summed E-state index contributed by atoms with van der Waals surface area (Å²) in [5.74, 6) is 0.600. The molecule has 0 fully saturated rings. The van der Waals surface area contributed by atoms with Gasteiger partial charge in [-0.3, -0.25) is 4.79 Å². The van der Waals surface area contributed by atoms with Crippen molar-refractivity contribution in [3.8, 4) is 5.75 Å². The van der Waals surface area contributed by atoms with Crippen LogP contribution in [0.3, 0.4) is 0 Å². The summed E-state index contributed by atoms with van der Waals surface area (Å²) < 4.78 is 5.80. The Morgan fingerprint density at radius 1 is 1.09 bits per heavy atom. The highest BCUT2D eigenvalue weighted by molar-refractivity contribution is 7.99. The fraction of sp³-hybridized carbons (Fsp3) is 0.0870. The predicted molar refractivity (Wildman–Crippen MR) is 130 cm³/mol. The molecule has 0 radical (unpaired) electrons. The van der Waals surface area contributed by atoms with E-state index in [1.165, 1.54) is 11.8 Å². The van der Waals surface area contributed by atoms with Gasteiger partial charge >= 0.3 is 0 Å². The zero-order valence-electron chi connectivity index (χ0n) is 16.7. The number of aromatic nitrogens is 2. The quantitative estimate of drug-likeness (QED) is 0.191. The molecular weight excluding hydrogens is 467 g/mol. The van der Waals surface area contributed by atoms with E-state index in [2.05, 4.69) is 20.5 Å². The monoisotopic (exact) mass is 484 g/mol. The van der Waals surface area contributed by atoms with Crippen molar-refractivity contribution in [3.05, 3.63) is 87.9 Å². The molecular formula is C23H18Cl2N4O2S. The zero-order valence-corrected chi connectivity index (χ0v) is 19.0. The van der Waals surface area contributed by atoms with Crippen LogP contribution >= 0.6 is 35.0 Å². The minimum atomic E-state index is -0.229. The van der Waals surface area contributed by atoms with E-state index in [9.17, 15) is 4.79 Å². The van der Waals surface area contributed by atoms with Crippen LogP contribution in [0.1, 0.15) is 11.1 Å². The molecule has 4 aromatic rings. The smallest absolute Gasteiger partial charge is 0.250 e. The second-order valence-electron chi connectivity index (χ2n) is 6.70. The van der Waals surface area contributed by atoms with Crippen molar-refractivity contribution in [2.24, 2.45) is 5.10 Å². The normalized spacial score (nSPS) is 11.2. The summed E-state index contributed by atoms with van der Waals surface area (Å²) in [6, 6.07) is 20.4. The van der Waals surface area contributed by atoms with E-state index >= 15 is 0 Å². The number of para-hydroxylation sites is 2. The van der Waals surface area contributed by atoms with Gasteiger partial charge in [0.25, 0.3) is 5.91 Å². The topological polar surface area (TPSA) is 79.4 Å². The summed E-state index contributed by atoms with van der Waals surface area (Å²) >= 11 is 13.7. The van der Waals surface area contributed by atoms with Crippen LogP contribution in [0.25, 0.3) is 11.0 Å². The predicted octanol–water partition coefficient (Wildman–Crippen LogP) is 5.69. The van der Waals surface area contributed by atoms with Crippen LogP contribution < -0.4 is 10.2 Å². The summed E-state index contributed by atoms with van der Waals surface area (Å²) in [5, 5.41) is 5.81. The van der Waals surface area contributed by atoms with Gasteiger partial charge in [0.05, 0.1) is 23.0 Å². The first kappa shape index (κ1) is 22.2. The number of hydrogen-bond donors (Lipinski definition) is 2. The lowest BCUT2D eigenvalue weighted by Gasteiger charge is -2.09. The number of imidazole rings is 1. The van der Waals surface area contributed by atoms with Gasteiger partial charge in [-0.2, -0.15) is 5.10 Å². The van der Waals surface area contributed by atoms with Crippen molar-refractivity contribution in [1.29, 1.82) is 0 Å². The van der Waals surface area contributed by atoms with Gasteiger partial charge in [-0.25, -0.2) is 10.4 Å². The van der Waals surface area contributed by atoms with E-state index in [-0.39, 0.29) is 18.3 Å². The molecule has 4 rings (SSSR count). The first-order chi connectivity index (χ1) is 15.6. The van der Waals surface area contributed by atoms with Crippen LogP contribution in [-0.2, 0) is 11.4 Å². The van der Waals surface area contributed by atoms with Gasteiger partial charge in [-0.15, -0.1) is 0 Å². The fourth-order valence-corrected chi connectivity index (χ4v) is 4.04. The fourth-order valence-electron chi connectivity index (χ4n) is 2.85. The van der Waals surface area contributed by atoms with Crippen LogP contribution in [0, 0.1) is 0 Å². The molecule has 0 saturated heterocycles. The summed E-state index contributed by atoms with van der Waals surface area (Å²) in [7, 11) is 0. The lowest BCUT2D eigenvalue weighted by Crippen LogP contribution is -2.19. The Bertz CT molecular complexity index is 1220. The van der Waals surface area contributed by atoms with Crippen molar-refractivity contribution in [2.75, 3.05) is 5.75 Å². The second-order valence-corrected chi connectivity index (χ2v) is 8.48. The standard InChI is InChI=1S/C23H18Cl2N4O2S/c24-18-7-4-8-19(25)17(18)13-31-16-6-3-5-15(11-16)12-26-29-22(30)14-32-23-27-20-9-1-2-10-21(20)28-23/h1-12H,13-14H2,(H,27,28)(H,29,30)/b26-12+. The molecule has 0 bridgehead atoms. The molecule has 0 aliphatic heterocycles. The van der Waals surface area contributed by atoms with Crippen molar-refractivity contribution in [3.63, 3.8) is 0 Å². The number of aromatic amines is 1.